The first-order chi connectivity index (χ1) is 12.9. The van der Waals surface area contributed by atoms with Crippen molar-refractivity contribution in [1.29, 1.82) is 0 Å². The van der Waals surface area contributed by atoms with Crippen LogP contribution in [0.1, 0.15) is 30.5 Å². The van der Waals surface area contributed by atoms with Gasteiger partial charge in [0.15, 0.2) is 0 Å². The highest BCUT2D eigenvalue weighted by Crippen LogP contribution is 2.27. The Morgan fingerprint density at radius 3 is 2.56 bits per heavy atom. The lowest BCUT2D eigenvalue weighted by Crippen LogP contribution is -2.35. The Hall–Kier alpha value is -2.44. The van der Waals surface area contributed by atoms with Gasteiger partial charge in [0.2, 0.25) is 10.0 Å². The van der Waals surface area contributed by atoms with Crippen LogP contribution in [0.15, 0.2) is 59.5 Å². The molecule has 0 amide bonds. The van der Waals surface area contributed by atoms with E-state index in [0.717, 1.165) is 22.3 Å². The standard InChI is InChI=1S/C21H23NO4S/c1-3-26-21(23)11-15(2)16-9-10-17-13-19(14-18(17)12-16)22-27(24,25)20-7-5-4-6-8-20/h4-12,19,22H,3,13-14H2,1-2H3. The fraction of sp³-hybridized carbons (Fsp3) is 0.286. The number of allylic oxidation sites excluding steroid dienone is 1. The predicted octanol–water partition coefficient (Wildman–Crippen LogP) is 3.10. The van der Waals surface area contributed by atoms with Crippen LogP contribution in [-0.4, -0.2) is 27.0 Å². The lowest BCUT2D eigenvalue weighted by molar-refractivity contribution is -0.137. The first-order valence-corrected chi connectivity index (χ1v) is 10.4. The minimum atomic E-state index is -3.53. The molecule has 1 aliphatic rings. The van der Waals surface area contributed by atoms with E-state index >= 15 is 0 Å². The van der Waals surface area contributed by atoms with Crippen molar-refractivity contribution in [2.45, 2.75) is 37.6 Å². The summed E-state index contributed by atoms with van der Waals surface area (Å²) in [7, 11) is -3.53. The highest BCUT2D eigenvalue weighted by Gasteiger charge is 2.26. The van der Waals surface area contributed by atoms with E-state index in [9.17, 15) is 13.2 Å². The van der Waals surface area contributed by atoms with Crippen molar-refractivity contribution in [3.63, 3.8) is 0 Å². The van der Waals surface area contributed by atoms with Gasteiger partial charge in [0, 0.05) is 12.1 Å². The van der Waals surface area contributed by atoms with Crippen LogP contribution in [0.25, 0.3) is 5.57 Å². The van der Waals surface area contributed by atoms with E-state index < -0.39 is 10.0 Å². The molecule has 3 rings (SSSR count). The van der Waals surface area contributed by atoms with Gasteiger partial charge in [-0.25, -0.2) is 17.9 Å². The molecular formula is C21H23NO4S. The number of ether oxygens (including phenoxy) is 1. The number of hydrogen-bond donors (Lipinski definition) is 1. The van der Waals surface area contributed by atoms with Crippen molar-refractivity contribution < 1.29 is 17.9 Å². The monoisotopic (exact) mass is 385 g/mol. The van der Waals surface area contributed by atoms with E-state index in [1.54, 1.807) is 37.3 Å². The summed E-state index contributed by atoms with van der Waals surface area (Å²) in [5, 5.41) is 0. The second-order valence-electron chi connectivity index (χ2n) is 6.60. The maximum atomic E-state index is 12.5. The smallest absolute Gasteiger partial charge is 0.331 e. The molecule has 5 nitrogen and oxygen atoms in total. The molecule has 0 saturated heterocycles. The van der Waals surface area contributed by atoms with Crippen LogP contribution in [0.4, 0.5) is 0 Å². The zero-order valence-corrected chi connectivity index (χ0v) is 16.3. The van der Waals surface area contributed by atoms with Crippen LogP contribution in [0.5, 0.6) is 0 Å². The Kier molecular flexibility index (Phi) is 5.77. The summed E-state index contributed by atoms with van der Waals surface area (Å²) in [6, 6.07) is 14.2. The average molecular weight is 385 g/mol. The van der Waals surface area contributed by atoms with Gasteiger partial charge in [-0.05, 0) is 61.1 Å². The molecule has 1 aliphatic carbocycles. The number of sulfonamides is 1. The molecule has 0 aliphatic heterocycles. The molecule has 0 radical (unpaired) electrons. The van der Waals surface area contributed by atoms with Crippen molar-refractivity contribution in [1.82, 2.24) is 4.72 Å². The van der Waals surface area contributed by atoms with Gasteiger partial charge in [-0.3, -0.25) is 0 Å². The number of hydrogen-bond acceptors (Lipinski definition) is 4. The zero-order valence-electron chi connectivity index (χ0n) is 15.4. The lowest BCUT2D eigenvalue weighted by atomic mass is 10.0. The molecule has 2 aromatic rings. The molecule has 1 atom stereocenters. The molecule has 6 heteroatoms. The van der Waals surface area contributed by atoms with Crippen LogP contribution in [0, 0.1) is 0 Å². The molecule has 0 saturated carbocycles. The largest absolute Gasteiger partial charge is 0.463 e. The summed E-state index contributed by atoms with van der Waals surface area (Å²) in [5.74, 6) is -0.357. The molecule has 0 fully saturated rings. The number of benzene rings is 2. The molecule has 142 valence electrons. The number of esters is 1. The molecule has 2 aromatic carbocycles. The normalized spacial score (nSPS) is 16.8. The number of rotatable bonds is 6. The molecule has 0 bridgehead atoms. The zero-order chi connectivity index (χ0) is 19.4. The number of fused-ring (bicyclic) bond motifs is 1. The second kappa shape index (κ2) is 8.06. The second-order valence-corrected chi connectivity index (χ2v) is 8.32. The van der Waals surface area contributed by atoms with E-state index in [4.69, 9.17) is 4.74 Å². The first kappa shape index (κ1) is 19.3. The number of nitrogens with one attached hydrogen (secondary N) is 1. The Morgan fingerprint density at radius 2 is 1.85 bits per heavy atom. The van der Waals surface area contributed by atoms with Gasteiger partial charge in [-0.15, -0.1) is 0 Å². The minimum absolute atomic E-state index is 0.171. The van der Waals surface area contributed by atoms with Crippen LogP contribution in [0.2, 0.25) is 0 Å². The lowest BCUT2D eigenvalue weighted by Gasteiger charge is -2.12. The van der Waals surface area contributed by atoms with Crippen molar-refractivity contribution in [2.24, 2.45) is 0 Å². The van der Waals surface area contributed by atoms with Gasteiger partial charge < -0.3 is 4.74 Å². The maximum Gasteiger partial charge on any atom is 0.331 e. The third-order valence-electron chi connectivity index (χ3n) is 4.59. The average Bonchev–Trinajstić information content (AvgIpc) is 3.03. The summed E-state index contributed by atoms with van der Waals surface area (Å²) in [4.78, 5) is 11.9. The summed E-state index contributed by atoms with van der Waals surface area (Å²) < 4.78 is 32.8. The highest BCUT2D eigenvalue weighted by atomic mass is 32.2. The van der Waals surface area contributed by atoms with Crippen LogP contribution < -0.4 is 4.72 Å². The Labute approximate surface area is 160 Å². The third kappa shape index (κ3) is 4.64. The van der Waals surface area contributed by atoms with Gasteiger partial charge in [0.1, 0.15) is 0 Å². The highest BCUT2D eigenvalue weighted by molar-refractivity contribution is 7.89. The van der Waals surface area contributed by atoms with Crippen molar-refractivity contribution >= 4 is 21.6 Å². The van der Waals surface area contributed by atoms with Gasteiger partial charge in [-0.1, -0.05) is 36.4 Å². The molecule has 0 spiro atoms. The minimum Gasteiger partial charge on any atom is -0.463 e. The Morgan fingerprint density at radius 1 is 1.15 bits per heavy atom. The molecule has 27 heavy (non-hydrogen) atoms. The number of carbonyl (C=O) groups excluding carboxylic acids is 1. The van der Waals surface area contributed by atoms with E-state index in [1.807, 2.05) is 25.1 Å². The van der Waals surface area contributed by atoms with Crippen molar-refractivity contribution in [3.05, 3.63) is 71.3 Å². The van der Waals surface area contributed by atoms with Crippen LogP contribution in [-0.2, 0) is 32.4 Å². The first-order valence-electron chi connectivity index (χ1n) is 8.93. The SMILES string of the molecule is CCOC(=O)C=C(C)c1ccc2c(c1)CC(NS(=O)(=O)c1ccccc1)C2. The molecule has 1 unspecified atom stereocenters. The van der Waals surface area contributed by atoms with Crippen LogP contribution in [0.3, 0.4) is 0 Å². The van der Waals surface area contributed by atoms with E-state index in [-0.39, 0.29) is 16.9 Å². The molecule has 0 aromatic heterocycles. The van der Waals surface area contributed by atoms with Gasteiger partial charge in [-0.2, -0.15) is 0 Å². The van der Waals surface area contributed by atoms with Gasteiger partial charge >= 0.3 is 5.97 Å². The van der Waals surface area contributed by atoms with Crippen molar-refractivity contribution in [3.8, 4) is 0 Å². The van der Waals surface area contributed by atoms with Crippen molar-refractivity contribution in [2.75, 3.05) is 6.61 Å². The molecule has 0 heterocycles. The van der Waals surface area contributed by atoms with Crippen LogP contribution >= 0.6 is 0 Å². The van der Waals surface area contributed by atoms with Gasteiger partial charge in [0.25, 0.3) is 0 Å². The Bertz CT molecular complexity index is 965. The maximum absolute atomic E-state index is 12.5. The topological polar surface area (TPSA) is 72.5 Å². The Balaban J connectivity index is 1.73. The summed E-state index contributed by atoms with van der Waals surface area (Å²) in [6.45, 7) is 3.98. The quantitative estimate of drug-likeness (QED) is 0.613. The van der Waals surface area contributed by atoms with E-state index in [1.165, 1.54) is 6.08 Å². The van der Waals surface area contributed by atoms with E-state index in [0.29, 0.717) is 19.4 Å². The van der Waals surface area contributed by atoms with Gasteiger partial charge in [0.05, 0.1) is 11.5 Å². The number of carbonyl (C=O) groups is 1. The third-order valence-corrected chi connectivity index (χ3v) is 6.13. The summed E-state index contributed by atoms with van der Waals surface area (Å²) in [5.41, 5.74) is 3.99. The molecular weight excluding hydrogens is 362 g/mol. The summed E-state index contributed by atoms with van der Waals surface area (Å²) in [6.07, 6.45) is 2.76. The molecule has 1 N–H and O–H groups in total. The fourth-order valence-electron chi connectivity index (χ4n) is 3.28. The summed E-state index contributed by atoms with van der Waals surface area (Å²) >= 11 is 0. The fourth-order valence-corrected chi connectivity index (χ4v) is 4.53. The van der Waals surface area contributed by atoms with E-state index in [2.05, 4.69) is 4.72 Å². The predicted molar refractivity (Wildman–Crippen MR) is 105 cm³/mol.